The third-order valence-corrected chi connectivity index (χ3v) is 4.80. The first-order valence-electron chi connectivity index (χ1n) is 7.99. The van der Waals surface area contributed by atoms with Crippen LogP contribution in [0.2, 0.25) is 0 Å². The molecule has 4 rings (SSSR count). The molecule has 120 valence electrons. The van der Waals surface area contributed by atoms with Gasteiger partial charge >= 0.3 is 6.03 Å². The number of fused-ring (bicyclic) bond motifs is 2. The van der Waals surface area contributed by atoms with E-state index in [9.17, 15) is 4.79 Å². The highest BCUT2D eigenvalue weighted by Gasteiger charge is 2.39. The number of carbonyl (C=O) groups is 1. The Hall–Kier alpha value is -2.34. The van der Waals surface area contributed by atoms with Crippen molar-refractivity contribution in [3.05, 3.63) is 36.7 Å². The van der Waals surface area contributed by atoms with Gasteiger partial charge in [0.1, 0.15) is 5.75 Å². The van der Waals surface area contributed by atoms with Crippen LogP contribution < -0.4 is 15.4 Å². The van der Waals surface area contributed by atoms with Crippen LogP contribution in [0.5, 0.6) is 5.75 Å². The Morgan fingerprint density at radius 1 is 1.39 bits per heavy atom. The van der Waals surface area contributed by atoms with Gasteiger partial charge in [0.2, 0.25) is 0 Å². The lowest BCUT2D eigenvalue weighted by Crippen LogP contribution is -2.44. The van der Waals surface area contributed by atoms with Crippen LogP contribution in [-0.4, -0.2) is 41.0 Å². The molecule has 6 nitrogen and oxygen atoms in total. The lowest BCUT2D eigenvalue weighted by Gasteiger charge is -2.21. The Bertz CT molecular complexity index is 727. The van der Waals surface area contributed by atoms with E-state index in [0.29, 0.717) is 12.1 Å². The van der Waals surface area contributed by atoms with Gasteiger partial charge in [0.15, 0.2) is 0 Å². The number of hydrogen-bond acceptors (Lipinski definition) is 4. The fraction of sp³-hybridized carbons (Fsp3) is 0.412. The summed E-state index contributed by atoms with van der Waals surface area (Å²) < 4.78 is 6.61. The average Bonchev–Trinajstić information content (AvgIpc) is 3.31. The van der Waals surface area contributed by atoms with Gasteiger partial charge in [-0.2, -0.15) is 9.78 Å². The number of aromatic nitrogens is 2. The van der Waals surface area contributed by atoms with Gasteiger partial charge in [-0.1, -0.05) is 12.1 Å². The molecule has 2 aliphatic heterocycles. The van der Waals surface area contributed by atoms with Gasteiger partial charge in [-0.3, -0.25) is 0 Å². The number of ether oxygens (including phenoxy) is 1. The second kappa shape index (κ2) is 5.70. The summed E-state index contributed by atoms with van der Waals surface area (Å²) in [6.07, 6.45) is 6.83. The monoisotopic (exact) mass is 312 g/mol. The minimum atomic E-state index is -0.168. The van der Waals surface area contributed by atoms with Gasteiger partial charge in [0, 0.05) is 29.9 Å². The summed E-state index contributed by atoms with van der Waals surface area (Å²) in [6.45, 7) is 0. The molecule has 0 radical (unpaired) electrons. The largest absolute Gasteiger partial charge is 0.497 e. The number of benzene rings is 1. The van der Waals surface area contributed by atoms with E-state index in [4.69, 9.17) is 4.74 Å². The molecule has 1 amide bonds. The Labute approximate surface area is 134 Å². The predicted molar refractivity (Wildman–Crippen MR) is 86.5 cm³/mol. The zero-order chi connectivity index (χ0) is 15.8. The molecule has 23 heavy (non-hydrogen) atoms. The molecule has 3 heterocycles. The van der Waals surface area contributed by atoms with Crippen molar-refractivity contribution in [3.8, 4) is 16.9 Å². The van der Waals surface area contributed by atoms with E-state index in [1.807, 2.05) is 24.3 Å². The molecule has 0 spiro atoms. The molecule has 6 heteroatoms. The number of methoxy groups -OCH3 is 1. The molecule has 2 aromatic rings. The fourth-order valence-electron chi connectivity index (χ4n) is 3.59. The zero-order valence-electron chi connectivity index (χ0n) is 13.0. The molecule has 0 saturated carbocycles. The van der Waals surface area contributed by atoms with Crippen molar-refractivity contribution in [2.24, 2.45) is 0 Å². The number of nitrogens with one attached hydrogen (secondary N) is 2. The van der Waals surface area contributed by atoms with Crippen molar-refractivity contribution in [1.29, 1.82) is 0 Å². The predicted octanol–water partition coefficient (Wildman–Crippen LogP) is 2.01. The Morgan fingerprint density at radius 3 is 3.04 bits per heavy atom. The van der Waals surface area contributed by atoms with Gasteiger partial charge < -0.3 is 15.4 Å². The first-order valence-corrected chi connectivity index (χ1v) is 7.99. The first kappa shape index (κ1) is 14.3. The number of amides is 1. The van der Waals surface area contributed by atoms with Crippen molar-refractivity contribution in [1.82, 2.24) is 20.4 Å². The van der Waals surface area contributed by atoms with Crippen LogP contribution in [0.15, 0.2) is 36.7 Å². The standard InChI is InChI=1S/C17H20N4O2/c1-23-14-4-2-3-11(7-14)12-9-18-21(10-12)17(22)20-16-8-13-5-6-15(16)19-13/h2-4,7,9-10,13,15-16,19H,5-6,8H2,1H3,(H,20,22)/t13-,15+,16-/m1/s1. The van der Waals surface area contributed by atoms with Crippen molar-refractivity contribution >= 4 is 6.03 Å². The van der Waals surface area contributed by atoms with Crippen molar-refractivity contribution in [2.75, 3.05) is 7.11 Å². The summed E-state index contributed by atoms with van der Waals surface area (Å²) in [5.74, 6) is 0.785. The van der Waals surface area contributed by atoms with Crippen LogP contribution in [0.1, 0.15) is 19.3 Å². The van der Waals surface area contributed by atoms with Crippen molar-refractivity contribution < 1.29 is 9.53 Å². The summed E-state index contributed by atoms with van der Waals surface area (Å²) in [7, 11) is 1.64. The van der Waals surface area contributed by atoms with Crippen molar-refractivity contribution in [3.63, 3.8) is 0 Å². The molecule has 2 bridgehead atoms. The van der Waals surface area contributed by atoms with Gasteiger partial charge in [0.05, 0.1) is 13.3 Å². The summed E-state index contributed by atoms with van der Waals surface area (Å²) >= 11 is 0. The quantitative estimate of drug-likeness (QED) is 0.910. The summed E-state index contributed by atoms with van der Waals surface area (Å²) in [5.41, 5.74) is 1.87. The van der Waals surface area contributed by atoms with E-state index in [0.717, 1.165) is 29.7 Å². The third kappa shape index (κ3) is 2.70. The molecular weight excluding hydrogens is 292 g/mol. The molecule has 2 aliphatic rings. The van der Waals surface area contributed by atoms with Gasteiger partial charge in [-0.05, 0) is 37.0 Å². The summed E-state index contributed by atoms with van der Waals surface area (Å²) in [4.78, 5) is 12.4. The van der Waals surface area contributed by atoms with Crippen LogP contribution in [0.4, 0.5) is 4.79 Å². The Morgan fingerprint density at radius 2 is 2.30 bits per heavy atom. The SMILES string of the molecule is COc1cccc(-c2cnn(C(=O)N[C@@H]3C[C@H]4CC[C@@H]3N4)c2)c1. The summed E-state index contributed by atoms with van der Waals surface area (Å²) in [6, 6.07) is 8.74. The Kier molecular flexibility index (Phi) is 3.53. The topological polar surface area (TPSA) is 68.2 Å². The van der Waals surface area contributed by atoms with E-state index < -0.39 is 0 Å². The zero-order valence-corrected chi connectivity index (χ0v) is 13.0. The normalized spacial score (nSPS) is 25.5. The van der Waals surface area contributed by atoms with E-state index in [1.165, 1.54) is 11.1 Å². The maximum absolute atomic E-state index is 12.4. The Balaban J connectivity index is 1.47. The third-order valence-electron chi connectivity index (χ3n) is 4.80. The molecule has 2 N–H and O–H groups in total. The number of carbonyl (C=O) groups excluding carboxylic acids is 1. The van der Waals surface area contributed by atoms with Crippen molar-refractivity contribution in [2.45, 2.75) is 37.4 Å². The van der Waals surface area contributed by atoms with E-state index in [2.05, 4.69) is 15.7 Å². The van der Waals surface area contributed by atoms with E-state index in [-0.39, 0.29) is 12.1 Å². The highest BCUT2D eigenvalue weighted by atomic mass is 16.5. The molecule has 2 saturated heterocycles. The van der Waals surface area contributed by atoms with Crippen LogP contribution in [0.3, 0.4) is 0 Å². The molecule has 0 aliphatic carbocycles. The molecule has 1 aromatic heterocycles. The minimum Gasteiger partial charge on any atom is -0.497 e. The average molecular weight is 312 g/mol. The molecule has 1 aromatic carbocycles. The lowest BCUT2D eigenvalue weighted by molar-refractivity contribution is 0.233. The fourth-order valence-corrected chi connectivity index (χ4v) is 3.59. The second-order valence-electron chi connectivity index (χ2n) is 6.24. The maximum Gasteiger partial charge on any atom is 0.342 e. The molecule has 2 fully saturated rings. The van der Waals surface area contributed by atoms with Gasteiger partial charge in [-0.25, -0.2) is 4.79 Å². The lowest BCUT2D eigenvalue weighted by atomic mass is 9.96. The highest BCUT2D eigenvalue weighted by molar-refractivity contribution is 5.78. The van der Waals surface area contributed by atoms with Crippen LogP contribution in [0.25, 0.3) is 11.1 Å². The highest BCUT2D eigenvalue weighted by Crippen LogP contribution is 2.28. The van der Waals surface area contributed by atoms with Gasteiger partial charge in [0.25, 0.3) is 0 Å². The summed E-state index contributed by atoms with van der Waals surface area (Å²) in [5, 5.41) is 10.8. The van der Waals surface area contributed by atoms with E-state index >= 15 is 0 Å². The number of rotatable bonds is 3. The second-order valence-corrected chi connectivity index (χ2v) is 6.24. The van der Waals surface area contributed by atoms with E-state index in [1.54, 1.807) is 19.5 Å². The maximum atomic E-state index is 12.4. The van der Waals surface area contributed by atoms with Crippen LogP contribution >= 0.6 is 0 Å². The minimum absolute atomic E-state index is 0.168. The molecule has 3 atom stereocenters. The molecule has 0 unspecified atom stereocenters. The molecular formula is C17H20N4O2. The van der Waals surface area contributed by atoms with Gasteiger partial charge in [-0.15, -0.1) is 0 Å². The van der Waals surface area contributed by atoms with Crippen LogP contribution in [-0.2, 0) is 0 Å². The number of hydrogen-bond donors (Lipinski definition) is 2. The van der Waals surface area contributed by atoms with Crippen LogP contribution in [0, 0.1) is 0 Å². The first-order chi connectivity index (χ1) is 11.2. The number of nitrogens with zero attached hydrogens (tertiary/aromatic N) is 2. The smallest absolute Gasteiger partial charge is 0.342 e.